The van der Waals surface area contributed by atoms with Crippen LogP contribution in [0.4, 0.5) is 11.4 Å². The van der Waals surface area contributed by atoms with Crippen LogP contribution in [-0.4, -0.2) is 16.6 Å². The van der Waals surface area contributed by atoms with E-state index in [1.807, 2.05) is 72.8 Å². The third-order valence-electron chi connectivity index (χ3n) is 5.16. The number of nitrogens with one attached hydrogen (secondary N) is 1. The Balaban J connectivity index is 1.32. The molecule has 0 unspecified atom stereocenters. The number of aromatic nitrogens is 1. The first-order valence-corrected chi connectivity index (χ1v) is 9.85. The first-order valence-electron chi connectivity index (χ1n) is 9.85. The molecule has 4 nitrogen and oxygen atoms in total. The highest BCUT2D eigenvalue weighted by Gasteiger charge is 2.17. The summed E-state index contributed by atoms with van der Waals surface area (Å²) in [7, 11) is 0. The van der Waals surface area contributed by atoms with Gasteiger partial charge >= 0.3 is 0 Å². The van der Waals surface area contributed by atoms with E-state index in [0.29, 0.717) is 5.56 Å². The van der Waals surface area contributed by atoms with Gasteiger partial charge in [-0.1, -0.05) is 66.7 Å². The Morgan fingerprint density at radius 3 is 2.23 bits per heavy atom. The molecule has 30 heavy (non-hydrogen) atoms. The summed E-state index contributed by atoms with van der Waals surface area (Å²) >= 11 is 0. The van der Waals surface area contributed by atoms with Crippen LogP contribution in [0, 0.1) is 0 Å². The summed E-state index contributed by atoms with van der Waals surface area (Å²) in [4.78, 5) is 21.9. The quantitative estimate of drug-likeness (QED) is 0.488. The fraction of sp³-hybridized carbons (Fsp3) is 0.0385. The van der Waals surface area contributed by atoms with E-state index in [2.05, 4.69) is 22.4 Å². The maximum atomic E-state index is 12.7. The van der Waals surface area contributed by atoms with Crippen LogP contribution in [0.5, 0.6) is 0 Å². The van der Waals surface area contributed by atoms with Crippen LogP contribution < -0.4 is 5.32 Å². The van der Waals surface area contributed by atoms with E-state index in [1.165, 1.54) is 5.56 Å². The maximum Gasteiger partial charge on any atom is 0.257 e. The van der Waals surface area contributed by atoms with Crippen LogP contribution in [0.25, 0.3) is 11.3 Å². The lowest BCUT2D eigenvalue weighted by Crippen LogP contribution is -2.12. The van der Waals surface area contributed by atoms with E-state index in [-0.39, 0.29) is 5.91 Å². The molecule has 4 aromatic rings. The summed E-state index contributed by atoms with van der Waals surface area (Å²) < 4.78 is 0. The second-order valence-corrected chi connectivity index (χ2v) is 7.20. The predicted octanol–water partition coefficient (Wildman–Crippen LogP) is 5.68. The molecule has 3 aromatic carbocycles. The molecule has 0 atom stereocenters. The number of anilines is 1. The Morgan fingerprint density at radius 2 is 1.53 bits per heavy atom. The summed E-state index contributed by atoms with van der Waals surface area (Å²) in [6.07, 6.45) is 2.41. The molecule has 0 aliphatic carbocycles. The smallest absolute Gasteiger partial charge is 0.257 e. The van der Waals surface area contributed by atoms with Crippen molar-refractivity contribution in [2.45, 2.75) is 6.42 Å². The van der Waals surface area contributed by atoms with Gasteiger partial charge in [0, 0.05) is 23.9 Å². The zero-order valence-corrected chi connectivity index (χ0v) is 16.2. The molecule has 0 fully saturated rings. The number of pyridine rings is 1. The van der Waals surface area contributed by atoms with Crippen LogP contribution in [0.1, 0.15) is 21.5 Å². The van der Waals surface area contributed by atoms with Crippen molar-refractivity contribution in [2.75, 3.05) is 5.32 Å². The molecule has 0 saturated carbocycles. The normalized spacial score (nSPS) is 12.2. The Morgan fingerprint density at radius 1 is 0.800 bits per heavy atom. The second-order valence-electron chi connectivity index (χ2n) is 7.20. The van der Waals surface area contributed by atoms with E-state index in [1.54, 1.807) is 12.3 Å². The Labute approximate surface area is 175 Å². The standard InChI is InChI=1S/C26H19N3O/c30-26(21-12-14-23(27-17-21)18-7-3-1-4-8-18)28-22-13-11-20-15-24(29-25(20)16-22)19-9-5-2-6-10-19/h1-14,16-17H,15H2,(H,28,30). The van der Waals surface area contributed by atoms with Gasteiger partial charge < -0.3 is 5.32 Å². The fourth-order valence-electron chi connectivity index (χ4n) is 3.57. The molecule has 1 N–H and O–H groups in total. The molecule has 0 bridgehead atoms. The number of hydrogen-bond acceptors (Lipinski definition) is 3. The van der Waals surface area contributed by atoms with Crippen LogP contribution in [0.2, 0.25) is 0 Å². The Hall–Kier alpha value is -4.05. The summed E-state index contributed by atoms with van der Waals surface area (Å²) in [5.41, 5.74) is 7.36. The molecule has 0 saturated heterocycles. The van der Waals surface area contributed by atoms with Crippen LogP contribution in [-0.2, 0) is 6.42 Å². The highest BCUT2D eigenvalue weighted by Crippen LogP contribution is 2.31. The molecular weight excluding hydrogens is 370 g/mol. The van der Waals surface area contributed by atoms with E-state index in [0.717, 1.165) is 40.3 Å². The summed E-state index contributed by atoms with van der Waals surface area (Å²) in [5.74, 6) is -0.188. The minimum Gasteiger partial charge on any atom is -0.322 e. The number of fused-ring (bicyclic) bond motifs is 1. The molecule has 2 heterocycles. The number of rotatable bonds is 4. The zero-order chi connectivity index (χ0) is 20.3. The minimum absolute atomic E-state index is 0.188. The molecule has 1 aromatic heterocycles. The van der Waals surface area contributed by atoms with E-state index in [9.17, 15) is 4.79 Å². The van der Waals surface area contributed by atoms with Gasteiger partial charge in [0.05, 0.1) is 22.7 Å². The topological polar surface area (TPSA) is 54.4 Å². The number of carbonyl (C=O) groups is 1. The van der Waals surface area contributed by atoms with Crippen molar-refractivity contribution < 1.29 is 4.79 Å². The third kappa shape index (κ3) is 3.63. The number of amides is 1. The van der Waals surface area contributed by atoms with Gasteiger partial charge in [0.15, 0.2) is 0 Å². The van der Waals surface area contributed by atoms with Crippen molar-refractivity contribution in [2.24, 2.45) is 4.99 Å². The lowest BCUT2D eigenvalue weighted by atomic mass is 10.0. The average Bonchev–Trinajstić information content (AvgIpc) is 3.24. The van der Waals surface area contributed by atoms with Crippen LogP contribution >= 0.6 is 0 Å². The first-order chi connectivity index (χ1) is 14.8. The number of aliphatic imine (C=N–C) groups is 1. The van der Waals surface area contributed by atoms with Gasteiger partial charge in [-0.05, 0) is 35.4 Å². The fourth-order valence-corrected chi connectivity index (χ4v) is 3.57. The van der Waals surface area contributed by atoms with E-state index >= 15 is 0 Å². The molecule has 0 radical (unpaired) electrons. The molecule has 4 heteroatoms. The number of hydrogen-bond donors (Lipinski definition) is 1. The third-order valence-corrected chi connectivity index (χ3v) is 5.16. The summed E-state index contributed by atoms with van der Waals surface area (Å²) in [6, 6.07) is 29.6. The highest BCUT2D eigenvalue weighted by molar-refractivity contribution is 6.08. The van der Waals surface area contributed by atoms with Gasteiger partial charge in [-0.2, -0.15) is 0 Å². The maximum absolute atomic E-state index is 12.7. The number of benzene rings is 3. The SMILES string of the molecule is O=C(Nc1ccc2c(c1)N=C(c1ccccc1)C2)c1ccc(-c2ccccc2)nc1. The molecule has 1 aliphatic heterocycles. The van der Waals surface area contributed by atoms with Crippen molar-refractivity contribution >= 4 is 23.0 Å². The number of nitrogens with zero attached hydrogens (tertiary/aromatic N) is 2. The Kier molecular flexibility index (Phi) is 4.66. The van der Waals surface area contributed by atoms with Crippen molar-refractivity contribution in [1.82, 2.24) is 4.98 Å². The van der Waals surface area contributed by atoms with Gasteiger partial charge in [-0.15, -0.1) is 0 Å². The summed E-state index contributed by atoms with van der Waals surface area (Å²) in [5, 5.41) is 2.95. The molecular formula is C26H19N3O. The van der Waals surface area contributed by atoms with E-state index < -0.39 is 0 Å². The van der Waals surface area contributed by atoms with Gasteiger partial charge in [-0.25, -0.2) is 0 Å². The van der Waals surface area contributed by atoms with Gasteiger partial charge in [-0.3, -0.25) is 14.8 Å². The predicted molar refractivity (Wildman–Crippen MR) is 120 cm³/mol. The number of carbonyl (C=O) groups excluding carboxylic acids is 1. The van der Waals surface area contributed by atoms with Crippen molar-refractivity contribution in [3.05, 3.63) is 114 Å². The van der Waals surface area contributed by atoms with Gasteiger partial charge in [0.1, 0.15) is 0 Å². The lowest BCUT2D eigenvalue weighted by Gasteiger charge is -2.07. The lowest BCUT2D eigenvalue weighted by molar-refractivity contribution is 0.102. The zero-order valence-electron chi connectivity index (χ0n) is 16.2. The summed E-state index contributed by atoms with van der Waals surface area (Å²) in [6.45, 7) is 0. The molecule has 0 spiro atoms. The molecule has 1 aliphatic rings. The largest absolute Gasteiger partial charge is 0.322 e. The first kappa shape index (κ1) is 18.0. The van der Waals surface area contributed by atoms with Gasteiger partial charge in [0.25, 0.3) is 5.91 Å². The average molecular weight is 389 g/mol. The van der Waals surface area contributed by atoms with E-state index in [4.69, 9.17) is 4.99 Å². The second kappa shape index (κ2) is 7.76. The van der Waals surface area contributed by atoms with Crippen molar-refractivity contribution in [3.63, 3.8) is 0 Å². The van der Waals surface area contributed by atoms with Crippen molar-refractivity contribution in [1.29, 1.82) is 0 Å². The molecule has 1 amide bonds. The highest BCUT2D eigenvalue weighted by atomic mass is 16.1. The monoisotopic (exact) mass is 389 g/mol. The van der Waals surface area contributed by atoms with Crippen LogP contribution in [0.3, 0.4) is 0 Å². The molecule has 5 rings (SSSR count). The minimum atomic E-state index is -0.188. The van der Waals surface area contributed by atoms with Gasteiger partial charge in [0.2, 0.25) is 0 Å². The van der Waals surface area contributed by atoms with Crippen LogP contribution in [0.15, 0.2) is 102 Å². The Bertz CT molecular complexity index is 1230. The molecule has 144 valence electrons. The van der Waals surface area contributed by atoms with Crippen molar-refractivity contribution in [3.8, 4) is 11.3 Å².